The van der Waals surface area contributed by atoms with Crippen LogP contribution in [0.5, 0.6) is 0 Å². The molecule has 2 nitrogen and oxygen atoms in total. The highest BCUT2D eigenvalue weighted by molar-refractivity contribution is 5.68. The van der Waals surface area contributed by atoms with Crippen LogP contribution in [0.1, 0.15) is 25.0 Å². The fourth-order valence-electron chi connectivity index (χ4n) is 1.15. The molecule has 0 spiro atoms. The van der Waals surface area contributed by atoms with Gasteiger partial charge in [0.1, 0.15) is 0 Å². The molecule has 68 valence electrons. The fraction of sp³-hybridized carbons (Fsp3) is 0.273. The van der Waals surface area contributed by atoms with Crippen molar-refractivity contribution >= 4 is 18.1 Å². The molecule has 0 atom stereocenters. The van der Waals surface area contributed by atoms with Crippen LogP contribution in [-0.4, -0.2) is 11.2 Å². The molecule has 0 fully saturated rings. The summed E-state index contributed by atoms with van der Waals surface area (Å²) in [6.45, 7) is 5.95. The average Bonchev–Trinajstić information content (AvgIpc) is 2.11. The Labute approximate surface area is 79.0 Å². The molecule has 0 aliphatic carbocycles. The van der Waals surface area contributed by atoms with E-state index in [4.69, 9.17) is 0 Å². The van der Waals surface area contributed by atoms with Crippen LogP contribution in [0.25, 0.3) is 6.08 Å². The normalized spacial score (nSPS) is 11.6. The van der Waals surface area contributed by atoms with Crippen molar-refractivity contribution in [3.05, 3.63) is 29.5 Å². The lowest BCUT2D eigenvalue weighted by atomic mass is 10.1. The average molecular weight is 174 g/mol. The summed E-state index contributed by atoms with van der Waals surface area (Å²) in [4.78, 5) is 8.40. The molecule has 0 aliphatic heterocycles. The van der Waals surface area contributed by atoms with Crippen molar-refractivity contribution in [2.45, 2.75) is 20.8 Å². The highest BCUT2D eigenvalue weighted by Gasteiger charge is 2.00. The topological polar surface area (TPSA) is 25.2 Å². The Morgan fingerprint density at radius 1 is 1.38 bits per heavy atom. The monoisotopic (exact) mass is 174 g/mol. The third-order valence-corrected chi connectivity index (χ3v) is 1.77. The number of nitrogens with zero attached hydrogens (tertiary/aromatic N) is 2. The second-order valence-corrected chi connectivity index (χ2v) is 2.75. The number of aliphatic imine (C=N–C) groups is 1. The lowest BCUT2D eigenvalue weighted by Gasteiger charge is -2.02. The van der Waals surface area contributed by atoms with Gasteiger partial charge >= 0.3 is 0 Å². The number of hydrogen-bond acceptors (Lipinski definition) is 2. The molecular formula is C11H14N2. The first-order chi connectivity index (χ1) is 6.29. The number of allylic oxidation sites excluding steroid dienone is 1. The number of pyridine rings is 1. The van der Waals surface area contributed by atoms with Crippen molar-refractivity contribution in [2.75, 3.05) is 0 Å². The summed E-state index contributed by atoms with van der Waals surface area (Å²) in [7, 11) is 0. The highest BCUT2D eigenvalue weighted by atomic mass is 14.9. The van der Waals surface area contributed by atoms with E-state index in [1.165, 1.54) is 5.56 Å². The van der Waals surface area contributed by atoms with Gasteiger partial charge in [-0.3, -0.25) is 0 Å². The smallest absolute Gasteiger partial charge is 0.159 e. The van der Waals surface area contributed by atoms with Gasteiger partial charge in [0.15, 0.2) is 5.82 Å². The minimum atomic E-state index is 0.792. The maximum Gasteiger partial charge on any atom is 0.159 e. The van der Waals surface area contributed by atoms with E-state index in [2.05, 4.69) is 16.9 Å². The molecule has 0 unspecified atom stereocenters. The van der Waals surface area contributed by atoms with Crippen molar-refractivity contribution in [1.82, 2.24) is 4.98 Å². The van der Waals surface area contributed by atoms with Crippen molar-refractivity contribution in [1.29, 1.82) is 0 Å². The Morgan fingerprint density at radius 2 is 2.15 bits per heavy atom. The van der Waals surface area contributed by atoms with Gasteiger partial charge in [0, 0.05) is 18.0 Å². The van der Waals surface area contributed by atoms with Gasteiger partial charge < -0.3 is 0 Å². The molecule has 1 heterocycles. The van der Waals surface area contributed by atoms with Crippen LogP contribution in [0, 0.1) is 6.92 Å². The van der Waals surface area contributed by atoms with E-state index in [1.807, 2.05) is 32.1 Å². The predicted molar refractivity (Wildman–Crippen MR) is 57.5 cm³/mol. The largest absolute Gasteiger partial charge is 0.241 e. The number of hydrogen-bond donors (Lipinski definition) is 0. The van der Waals surface area contributed by atoms with Gasteiger partial charge in [-0.15, -0.1) is 0 Å². The van der Waals surface area contributed by atoms with Gasteiger partial charge in [-0.2, -0.15) is 0 Å². The Kier molecular flexibility index (Phi) is 3.38. The lowest BCUT2D eigenvalue weighted by molar-refractivity contribution is 1.23. The van der Waals surface area contributed by atoms with E-state index in [1.54, 1.807) is 12.4 Å². The third kappa shape index (κ3) is 2.25. The van der Waals surface area contributed by atoms with Gasteiger partial charge in [0.25, 0.3) is 0 Å². The predicted octanol–water partition coefficient (Wildman–Crippen LogP) is 3.15. The standard InChI is InChI=1S/C11H14N2/c1-4-6-10-9(3)7-8-13-11(10)12-5-2/h4-8H,1-3H3/b6-4-,12-5-. The molecule has 0 saturated heterocycles. The molecule has 0 aromatic carbocycles. The molecule has 1 aromatic heterocycles. The molecule has 1 aromatic rings. The number of aromatic nitrogens is 1. The Balaban J connectivity index is 3.25. The van der Waals surface area contributed by atoms with Crippen molar-refractivity contribution in [3.63, 3.8) is 0 Å². The van der Waals surface area contributed by atoms with Crippen LogP contribution in [0.3, 0.4) is 0 Å². The van der Waals surface area contributed by atoms with Crippen LogP contribution in [0.15, 0.2) is 23.3 Å². The highest BCUT2D eigenvalue weighted by Crippen LogP contribution is 2.20. The van der Waals surface area contributed by atoms with Crippen molar-refractivity contribution < 1.29 is 0 Å². The van der Waals surface area contributed by atoms with Crippen LogP contribution < -0.4 is 0 Å². The minimum absolute atomic E-state index is 0.792. The van der Waals surface area contributed by atoms with Crippen LogP contribution in [0.4, 0.5) is 5.82 Å². The van der Waals surface area contributed by atoms with Crippen molar-refractivity contribution in [2.24, 2.45) is 4.99 Å². The van der Waals surface area contributed by atoms with Crippen molar-refractivity contribution in [3.8, 4) is 0 Å². The van der Waals surface area contributed by atoms with Crippen LogP contribution in [0.2, 0.25) is 0 Å². The van der Waals surface area contributed by atoms with Gasteiger partial charge in [-0.1, -0.05) is 12.2 Å². The second-order valence-electron chi connectivity index (χ2n) is 2.75. The SMILES string of the molecule is C/C=C\c1c(C)ccnc1/N=C\C. The Morgan fingerprint density at radius 3 is 2.77 bits per heavy atom. The molecule has 0 bridgehead atoms. The zero-order valence-electron chi connectivity index (χ0n) is 8.28. The first kappa shape index (κ1) is 9.65. The molecule has 2 heteroatoms. The first-order valence-electron chi connectivity index (χ1n) is 4.36. The summed E-state index contributed by atoms with van der Waals surface area (Å²) < 4.78 is 0. The summed E-state index contributed by atoms with van der Waals surface area (Å²) >= 11 is 0. The van der Waals surface area contributed by atoms with E-state index >= 15 is 0 Å². The van der Waals surface area contributed by atoms with Gasteiger partial charge in [-0.25, -0.2) is 9.98 Å². The third-order valence-electron chi connectivity index (χ3n) is 1.77. The van der Waals surface area contributed by atoms with Gasteiger partial charge in [0.05, 0.1) is 0 Å². The fourth-order valence-corrected chi connectivity index (χ4v) is 1.15. The van der Waals surface area contributed by atoms with E-state index < -0.39 is 0 Å². The quantitative estimate of drug-likeness (QED) is 0.632. The number of rotatable bonds is 2. The van der Waals surface area contributed by atoms with Gasteiger partial charge in [-0.05, 0) is 32.4 Å². The lowest BCUT2D eigenvalue weighted by Crippen LogP contribution is -1.84. The van der Waals surface area contributed by atoms with Crippen LogP contribution in [-0.2, 0) is 0 Å². The second kappa shape index (κ2) is 4.55. The Bertz CT molecular complexity index is 338. The summed E-state index contributed by atoms with van der Waals surface area (Å²) in [5.74, 6) is 0.792. The van der Waals surface area contributed by atoms with E-state index in [0.29, 0.717) is 0 Å². The van der Waals surface area contributed by atoms with E-state index in [9.17, 15) is 0 Å². The maximum absolute atomic E-state index is 4.20. The molecule has 13 heavy (non-hydrogen) atoms. The molecule has 0 amide bonds. The zero-order valence-corrected chi connectivity index (χ0v) is 8.28. The summed E-state index contributed by atoms with van der Waals surface area (Å²) in [5, 5.41) is 0. The summed E-state index contributed by atoms with van der Waals surface area (Å²) in [6, 6.07) is 1.99. The summed E-state index contributed by atoms with van der Waals surface area (Å²) in [5.41, 5.74) is 2.30. The Hall–Kier alpha value is -1.44. The number of aryl methyl sites for hydroxylation is 1. The van der Waals surface area contributed by atoms with E-state index in [-0.39, 0.29) is 0 Å². The molecule has 0 aliphatic rings. The molecular weight excluding hydrogens is 160 g/mol. The maximum atomic E-state index is 4.20. The molecule has 1 rings (SSSR count). The van der Waals surface area contributed by atoms with E-state index in [0.717, 1.165) is 11.4 Å². The summed E-state index contributed by atoms with van der Waals surface area (Å²) in [6.07, 6.45) is 7.57. The van der Waals surface area contributed by atoms with Crippen LogP contribution >= 0.6 is 0 Å². The zero-order chi connectivity index (χ0) is 9.68. The molecule has 0 radical (unpaired) electrons. The minimum Gasteiger partial charge on any atom is -0.241 e. The van der Waals surface area contributed by atoms with Gasteiger partial charge in [0.2, 0.25) is 0 Å². The molecule has 0 saturated carbocycles. The molecule has 0 N–H and O–H groups in total. The first-order valence-corrected chi connectivity index (χ1v) is 4.36.